The Hall–Kier alpha value is -1.85. The van der Waals surface area contributed by atoms with Gasteiger partial charge < -0.3 is 10.2 Å². The van der Waals surface area contributed by atoms with Gasteiger partial charge in [-0.15, -0.1) is 11.8 Å². The standard InChI is InChI=1S/C20H25N3OS/c1-23(14-17-5-4-11-21-13-17)20(24)18-9-7-16(8-10-18)15-25-19-6-2-3-12-22-19/h2-3,6-10,12,17,21H,4-5,11,13-15H2,1H3/t17-/m1/s1. The molecule has 1 N–H and O–H groups in total. The molecule has 1 aliphatic rings. The van der Waals surface area contributed by atoms with Gasteiger partial charge in [-0.1, -0.05) is 18.2 Å². The summed E-state index contributed by atoms with van der Waals surface area (Å²) < 4.78 is 0. The van der Waals surface area contributed by atoms with Crippen molar-refractivity contribution in [2.75, 3.05) is 26.7 Å². The largest absolute Gasteiger partial charge is 0.341 e. The van der Waals surface area contributed by atoms with Crippen molar-refractivity contribution in [1.82, 2.24) is 15.2 Å². The van der Waals surface area contributed by atoms with E-state index in [1.54, 1.807) is 11.8 Å². The highest BCUT2D eigenvalue weighted by molar-refractivity contribution is 7.98. The third kappa shape index (κ3) is 5.31. The van der Waals surface area contributed by atoms with E-state index < -0.39 is 0 Å². The van der Waals surface area contributed by atoms with E-state index in [9.17, 15) is 4.79 Å². The molecule has 1 fully saturated rings. The molecule has 0 radical (unpaired) electrons. The fourth-order valence-electron chi connectivity index (χ4n) is 3.10. The van der Waals surface area contributed by atoms with Crippen LogP contribution in [0.2, 0.25) is 0 Å². The van der Waals surface area contributed by atoms with Crippen LogP contribution in [0.25, 0.3) is 0 Å². The lowest BCUT2D eigenvalue weighted by Crippen LogP contribution is -2.39. The Morgan fingerprint density at radius 1 is 1.28 bits per heavy atom. The number of carbonyl (C=O) groups excluding carboxylic acids is 1. The van der Waals surface area contributed by atoms with Crippen LogP contribution in [0.4, 0.5) is 0 Å². The smallest absolute Gasteiger partial charge is 0.253 e. The molecule has 0 saturated carbocycles. The fraction of sp³-hybridized carbons (Fsp3) is 0.400. The molecule has 132 valence electrons. The van der Waals surface area contributed by atoms with Gasteiger partial charge in [0.1, 0.15) is 0 Å². The third-order valence-electron chi connectivity index (χ3n) is 4.50. The van der Waals surface area contributed by atoms with Crippen molar-refractivity contribution < 1.29 is 4.79 Å². The van der Waals surface area contributed by atoms with Crippen LogP contribution in [-0.4, -0.2) is 42.5 Å². The number of carbonyl (C=O) groups is 1. The van der Waals surface area contributed by atoms with Crippen LogP contribution in [0, 0.1) is 5.92 Å². The molecule has 5 heteroatoms. The van der Waals surface area contributed by atoms with E-state index in [1.165, 1.54) is 18.4 Å². The number of thioether (sulfide) groups is 1. The summed E-state index contributed by atoms with van der Waals surface area (Å²) in [5.74, 6) is 1.53. The van der Waals surface area contributed by atoms with Crippen LogP contribution >= 0.6 is 11.8 Å². The van der Waals surface area contributed by atoms with Crippen LogP contribution in [-0.2, 0) is 5.75 Å². The molecule has 0 aliphatic carbocycles. The lowest BCUT2D eigenvalue weighted by atomic mass is 9.99. The van der Waals surface area contributed by atoms with Gasteiger partial charge in [-0.2, -0.15) is 0 Å². The van der Waals surface area contributed by atoms with Gasteiger partial charge in [-0.3, -0.25) is 4.79 Å². The van der Waals surface area contributed by atoms with Gasteiger partial charge in [-0.25, -0.2) is 4.98 Å². The van der Waals surface area contributed by atoms with Crippen LogP contribution in [0.15, 0.2) is 53.7 Å². The number of aromatic nitrogens is 1. The number of piperidine rings is 1. The van der Waals surface area contributed by atoms with E-state index in [0.717, 1.165) is 36.0 Å². The van der Waals surface area contributed by atoms with Gasteiger partial charge >= 0.3 is 0 Å². The molecule has 0 spiro atoms. The normalized spacial score (nSPS) is 17.2. The van der Waals surface area contributed by atoms with E-state index in [2.05, 4.69) is 10.3 Å². The van der Waals surface area contributed by atoms with E-state index in [-0.39, 0.29) is 5.91 Å². The maximum atomic E-state index is 12.6. The maximum Gasteiger partial charge on any atom is 0.253 e. The van der Waals surface area contributed by atoms with E-state index in [4.69, 9.17) is 0 Å². The highest BCUT2D eigenvalue weighted by atomic mass is 32.2. The summed E-state index contributed by atoms with van der Waals surface area (Å²) in [6, 6.07) is 13.9. The van der Waals surface area contributed by atoms with Gasteiger partial charge in [0.2, 0.25) is 0 Å². The van der Waals surface area contributed by atoms with Gasteiger partial charge in [0.25, 0.3) is 5.91 Å². The minimum absolute atomic E-state index is 0.106. The Balaban J connectivity index is 1.52. The van der Waals surface area contributed by atoms with Crippen molar-refractivity contribution in [2.24, 2.45) is 5.92 Å². The van der Waals surface area contributed by atoms with Gasteiger partial charge in [0.05, 0.1) is 5.03 Å². The first-order chi connectivity index (χ1) is 12.2. The molecule has 1 aromatic heterocycles. The summed E-state index contributed by atoms with van der Waals surface area (Å²) in [7, 11) is 1.90. The topological polar surface area (TPSA) is 45.2 Å². The number of hydrogen-bond acceptors (Lipinski definition) is 4. The second kappa shape index (κ2) is 9.02. The van der Waals surface area contributed by atoms with Crippen molar-refractivity contribution in [2.45, 2.75) is 23.6 Å². The lowest BCUT2D eigenvalue weighted by molar-refractivity contribution is 0.0764. The quantitative estimate of drug-likeness (QED) is 0.806. The van der Waals surface area contributed by atoms with Crippen molar-refractivity contribution in [3.8, 4) is 0 Å². The van der Waals surface area contributed by atoms with E-state index in [0.29, 0.717) is 5.92 Å². The molecule has 1 saturated heterocycles. The number of hydrogen-bond donors (Lipinski definition) is 1. The molecule has 0 bridgehead atoms. The summed E-state index contributed by atoms with van der Waals surface area (Å²) in [4.78, 5) is 18.8. The third-order valence-corrected chi connectivity index (χ3v) is 5.52. The molecule has 2 heterocycles. The van der Waals surface area contributed by atoms with Crippen molar-refractivity contribution in [3.63, 3.8) is 0 Å². The minimum atomic E-state index is 0.106. The summed E-state index contributed by atoms with van der Waals surface area (Å²) in [6.45, 7) is 2.94. The Bertz CT molecular complexity index is 669. The number of benzene rings is 1. The molecule has 1 atom stereocenters. The first-order valence-electron chi connectivity index (χ1n) is 8.81. The first kappa shape index (κ1) is 18.0. The average Bonchev–Trinajstić information content (AvgIpc) is 2.68. The number of nitrogens with one attached hydrogen (secondary N) is 1. The second-order valence-electron chi connectivity index (χ2n) is 6.55. The van der Waals surface area contributed by atoms with Crippen LogP contribution in [0.1, 0.15) is 28.8 Å². The van der Waals surface area contributed by atoms with E-state index in [1.807, 2.05) is 60.6 Å². The molecule has 1 aromatic carbocycles. The van der Waals surface area contributed by atoms with Gasteiger partial charge in [-0.05, 0) is 61.7 Å². The number of rotatable bonds is 6. The van der Waals surface area contributed by atoms with Crippen molar-refractivity contribution >= 4 is 17.7 Å². The highest BCUT2D eigenvalue weighted by Crippen LogP contribution is 2.21. The first-order valence-corrected chi connectivity index (χ1v) is 9.80. The zero-order chi connectivity index (χ0) is 17.5. The zero-order valence-corrected chi connectivity index (χ0v) is 15.5. The predicted octanol–water partition coefficient (Wildman–Crippen LogP) is 3.45. The molecule has 1 aliphatic heterocycles. The van der Waals surface area contributed by atoms with Crippen molar-refractivity contribution in [1.29, 1.82) is 0 Å². The summed E-state index contributed by atoms with van der Waals surface area (Å²) in [6.07, 6.45) is 4.21. The number of nitrogens with zero attached hydrogens (tertiary/aromatic N) is 2. The monoisotopic (exact) mass is 355 g/mol. The number of pyridine rings is 1. The second-order valence-corrected chi connectivity index (χ2v) is 7.55. The molecular weight excluding hydrogens is 330 g/mol. The van der Waals surface area contributed by atoms with Crippen LogP contribution in [0.5, 0.6) is 0 Å². The minimum Gasteiger partial charge on any atom is -0.341 e. The predicted molar refractivity (Wildman–Crippen MR) is 103 cm³/mol. The maximum absolute atomic E-state index is 12.6. The van der Waals surface area contributed by atoms with E-state index >= 15 is 0 Å². The molecule has 1 amide bonds. The molecular formula is C20H25N3OS. The number of amides is 1. The summed E-state index contributed by atoms with van der Waals surface area (Å²) in [5.41, 5.74) is 1.96. The molecule has 2 aromatic rings. The molecule has 25 heavy (non-hydrogen) atoms. The fourth-order valence-corrected chi connectivity index (χ4v) is 3.92. The SMILES string of the molecule is CN(C[C@@H]1CCCNC1)C(=O)c1ccc(CSc2ccccn2)cc1. The molecule has 3 rings (SSSR count). The van der Waals surface area contributed by atoms with Crippen LogP contribution in [0.3, 0.4) is 0 Å². The van der Waals surface area contributed by atoms with Gasteiger partial charge in [0.15, 0.2) is 0 Å². The Kier molecular flexibility index (Phi) is 6.48. The highest BCUT2D eigenvalue weighted by Gasteiger charge is 2.18. The summed E-state index contributed by atoms with van der Waals surface area (Å²) >= 11 is 1.70. The Morgan fingerprint density at radius 3 is 2.80 bits per heavy atom. The van der Waals surface area contributed by atoms with Crippen LogP contribution < -0.4 is 5.32 Å². The van der Waals surface area contributed by atoms with Crippen molar-refractivity contribution in [3.05, 3.63) is 59.8 Å². The molecule has 0 unspecified atom stereocenters. The lowest BCUT2D eigenvalue weighted by Gasteiger charge is -2.27. The molecule has 4 nitrogen and oxygen atoms in total. The Labute approximate surface area is 154 Å². The summed E-state index contributed by atoms with van der Waals surface area (Å²) in [5, 5.41) is 4.43. The Morgan fingerprint density at radius 2 is 2.12 bits per heavy atom. The van der Waals surface area contributed by atoms with Gasteiger partial charge in [0, 0.05) is 31.1 Å². The average molecular weight is 356 g/mol. The zero-order valence-electron chi connectivity index (χ0n) is 14.6.